The average Bonchev–Trinajstić information content (AvgIpc) is 3.44. The summed E-state index contributed by atoms with van der Waals surface area (Å²) in [6.45, 7) is 1.26. The van der Waals surface area contributed by atoms with Crippen molar-refractivity contribution in [2.45, 2.75) is 18.9 Å². The van der Waals surface area contributed by atoms with Crippen LogP contribution in [-0.4, -0.2) is 40.4 Å². The fraction of sp³-hybridized carbons (Fsp3) is 0.250. The van der Waals surface area contributed by atoms with E-state index in [0.717, 1.165) is 25.0 Å². The van der Waals surface area contributed by atoms with Gasteiger partial charge in [-0.15, -0.1) is 11.3 Å². The number of carbonyl (C=O) groups excluding carboxylic acids is 2. The van der Waals surface area contributed by atoms with Crippen LogP contribution in [0.2, 0.25) is 0 Å². The van der Waals surface area contributed by atoms with E-state index in [9.17, 15) is 9.59 Å². The van der Waals surface area contributed by atoms with Crippen molar-refractivity contribution < 1.29 is 19.1 Å². The Balaban J connectivity index is 1.41. The van der Waals surface area contributed by atoms with Crippen LogP contribution in [0.15, 0.2) is 46.7 Å². The van der Waals surface area contributed by atoms with Gasteiger partial charge in [-0.25, -0.2) is 4.79 Å². The third-order valence-corrected chi connectivity index (χ3v) is 6.62. The molecule has 1 atom stereocenters. The molecule has 1 aromatic carbocycles. The van der Waals surface area contributed by atoms with Crippen LogP contribution < -0.4 is 4.74 Å². The van der Waals surface area contributed by atoms with E-state index < -0.39 is 0 Å². The van der Waals surface area contributed by atoms with Crippen LogP contribution in [0.4, 0.5) is 0 Å². The van der Waals surface area contributed by atoms with Crippen LogP contribution in [0.5, 0.6) is 5.75 Å². The molecular formula is C20H17NO4S3. The molecular weight excluding hydrogens is 414 g/mol. The van der Waals surface area contributed by atoms with Gasteiger partial charge in [-0.05, 0) is 48.1 Å². The summed E-state index contributed by atoms with van der Waals surface area (Å²) < 4.78 is 11.5. The third kappa shape index (κ3) is 4.35. The van der Waals surface area contributed by atoms with Crippen molar-refractivity contribution in [3.8, 4) is 5.75 Å². The molecule has 5 nitrogen and oxygen atoms in total. The van der Waals surface area contributed by atoms with E-state index in [0.29, 0.717) is 26.4 Å². The van der Waals surface area contributed by atoms with E-state index >= 15 is 0 Å². The highest BCUT2D eigenvalue weighted by Crippen LogP contribution is 2.33. The highest BCUT2D eigenvalue weighted by molar-refractivity contribution is 8.26. The molecule has 0 N–H and O–H groups in total. The van der Waals surface area contributed by atoms with Gasteiger partial charge >= 0.3 is 5.97 Å². The zero-order valence-corrected chi connectivity index (χ0v) is 17.3. The summed E-state index contributed by atoms with van der Waals surface area (Å²) in [5.41, 5.74) is 0.841. The highest BCUT2D eigenvalue weighted by atomic mass is 32.2. The Kier molecular flexibility index (Phi) is 5.91. The van der Waals surface area contributed by atoms with Crippen LogP contribution in [0, 0.1) is 0 Å². The van der Waals surface area contributed by atoms with E-state index in [2.05, 4.69) is 0 Å². The van der Waals surface area contributed by atoms with Gasteiger partial charge < -0.3 is 9.47 Å². The van der Waals surface area contributed by atoms with Gasteiger partial charge in [0.1, 0.15) is 14.9 Å². The van der Waals surface area contributed by atoms with Crippen molar-refractivity contribution in [2.75, 3.05) is 13.2 Å². The molecule has 0 saturated carbocycles. The van der Waals surface area contributed by atoms with Crippen molar-refractivity contribution in [1.82, 2.24) is 4.90 Å². The molecule has 0 aliphatic carbocycles. The van der Waals surface area contributed by atoms with Crippen molar-refractivity contribution in [1.29, 1.82) is 0 Å². The van der Waals surface area contributed by atoms with Gasteiger partial charge in [0.15, 0.2) is 0 Å². The smallest absolute Gasteiger partial charge is 0.353 e. The number of carbonyl (C=O) groups is 2. The van der Waals surface area contributed by atoms with Crippen LogP contribution in [-0.2, 0) is 9.53 Å². The number of rotatable bonds is 5. The van der Waals surface area contributed by atoms with Gasteiger partial charge in [0.25, 0.3) is 5.91 Å². The summed E-state index contributed by atoms with van der Waals surface area (Å²) in [4.78, 5) is 27.4. The molecule has 4 rings (SSSR count). The SMILES string of the molecule is O=C(Oc1ccc(C=C2SC(=S)N(CC3CCCO3)C2=O)cc1)c1cccs1. The number of thiophene rings is 1. The van der Waals surface area contributed by atoms with Crippen LogP contribution >= 0.6 is 35.3 Å². The lowest BCUT2D eigenvalue weighted by molar-refractivity contribution is -0.123. The van der Waals surface area contributed by atoms with E-state index in [-0.39, 0.29) is 18.0 Å². The number of esters is 1. The van der Waals surface area contributed by atoms with E-state index in [4.69, 9.17) is 21.7 Å². The Bertz CT molecular complexity index is 915. The predicted molar refractivity (Wildman–Crippen MR) is 115 cm³/mol. The Hall–Kier alpha value is -2.00. The molecule has 2 aromatic rings. The second-order valence-corrected chi connectivity index (χ2v) is 8.99. The monoisotopic (exact) mass is 431 g/mol. The number of thioether (sulfide) groups is 1. The molecule has 3 heterocycles. The highest BCUT2D eigenvalue weighted by Gasteiger charge is 2.34. The van der Waals surface area contributed by atoms with Gasteiger partial charge in [0, 0.05) is 6.61 Å². The molecule has 2 fully saturated rings. The van der Waals surface area contributed by atoms with Gasteiger partial charge in [0.05, 0.1) is 17.6 Å². The summed E-state index contributed by atoms with van der Waals surface area (Å²) in [5.74, 6) is -0.00191. The fourth-order valence-corrected chi connectivity index (χ4v) is 4.86. The first-order valence-corrected chi connectivity index (χ1v) is 10.9. The Morgan fingerprint density at radius 3 is 2.82 bits per heavy atom. The summed E-state index contributed by atoms with van der Waals surface area (Å²) in [6, 6.07) is 10.6. The van der Waals surface area contributed by atoms with Crippen LogP contribution in [0.3, 0.4) is 0 Å². The number of thiocarbonyl (C=S) groups is 1. The Morgan fingerprint density at radius 1 is 1.32 bits per heavy atom. The minimum Gasteiger partial charge on any atom is -0.422 e. The maximum atomic E-state index is 12.7. The zero-order valence-electron chi connectivity index (χ0n) is 14.8. The molecule has 2 aliphatic rings. The maximum Gasteiger partial charge on any atom is 0.353 e. The molecule has 2 saturated heterocycles. The lowest BCUT2D eigenvalue weighted by Crippen LogP contribution is -2.35. The minimum absolute atomic E-state index is 0.0687. The van der Waals surface area contributed by atoms with Crippen LogP contribution in [0.25, 0.3) is 6.08 Å². The first-order valence-electron chi connectivity index (χ1n) is 8.83. The second-order valence-electron chi connectivity index (χ2n) is 6.36. The van der Waals surface area contributed by atoms with Crippen molar-refractivity contribution in [3.05, 3.63) is 57.1 Å². The standard InChI is InChI=1S/C20H17NO4S3/c22-18-17(28-20(26)21(18)12-15-3-1-9-24-15)11-13-5-7-14(8-6-13)25-19(23)16-4-2-10-27-16/h2,4-8,10-11,15H,1,3,9,12H2. The quantitative estimate of drug-likeness (QED) is 0.304. The predicted octanol–water partition coefficient (Wildman–Crippen LogP) is 4.35. The Morgan fingerprint density at radius 2 is 2.14 bits per heavy atom. The largest absolute Gasteiger partial charge is 0.422 e. The molecule has 1 unspecified atom stereocenters. The number of benzene rings is 1. The zero-order chi connectivity index (χ0) is 19.5. The van der Waals surface area contributed by atoms with Gasteiger partial charge in [0.2, 0.25) is 0 Å². The number of hydrogen-bond donors (Lipinski definition) is 0. The van der Waals surface area contributed by atoms with Gasteiger partial charge in [-0.3, -0.25) is 9.69 Å². The second kappa shape index (κ2) is 8.57. The third-order valence-electron chi connectivity index (χ3n) is 4.39. The number of hydrogen-bond acceptors (Lipinski definition) is 7. The van der Waals surface area contributed by atoms with Crippen molar-refractivity contribution in [2.24, 2.45) is 0 Å². The first kappa shape index (κ1) is 19.3. The summed E-state index contributed by atoms with van der Waals surface area (Å²) in [5, 5.41) is 1.83. The molecule has 8 heteroatoms. The van der Waals surface area contributed by atoms with Crippen LogP contribution in [0.1, 0.15) is 28.1 Å². The lowest BCUT2D eigenvalue weighted by Gasteiger charge is -2.18. The molecule has 2 aliphatic heterocycles. The van der Waals surface area contributed by atoms with E-state index in [1.54, 1.807) is 35.2 Å². The van der Waals surface area contributed by atoms with E-state index in [1.165, 1.54) is 23.1 Å². The average molecular weight is 432 g/mol. The van der Waals surface area contributed by atoms with E-state index in [1.807, 2.05) is 17.5 Å². The van der Waals surface area contributed by atoms with Crippen molar-refractivity contribution in [3.63, 3.8) is 0 Å². The Labute approximate surface area is 176 Å². The molecule has 1 amide bonds. The normalized spacial score (nSPS) is 20.9. The molecule has 144 valence electrons. The number of nitrogens with zero attached hydrogens (tertiary/aromatic N) is 1. The number of ether oxygens (including phenoxy) is 2. The molecule has 0 spiro atoms. The molecule has 28 heavy (non-hydrogen) atoms. The molecule has 1 aromatic heterocycles. The summed E-state index contributed by atoms with van der Waals surface area (Å²) >= 11 is 8.01. The molecule has 0 radical (unpaired) electrons. The van der Waals surface area contributed by atoms with Gasteiger partial charge in [-0.1, -0.05) is 42.2 Å². The summed E-state index contributed by atoms with van der Waals surface area (Å²) in [6.07, 6.45) is 3.86. The topological polar surface area (TPSA) is 55.8 Å². The lowest BCUT2D eigenvalue weighted by atomic mass is 10.2. The fourth-order valence-electron chi connectivity index (χ4n) is 2.98. The summed E-state index contributed by atoms with van der Waals surface area (Å²) in [7, 11) is 0. The number of amides is 1. The first-order chi connectivity index (χ1) is 13.6. The van der Waals surface area contributed by atoms with Gasteiger partial charge in [-0.2, -0.15) is 0 Å². The maximum absolute atomic E-state index is 12.7. The molecule has 0 bridgehead atoms. The minimum atomic E-state index is -0.377. The van der Waals surface area contributed by atoms with Crippen molar-refractivity contribution >= 4 is 57.6 Å².